The summed E-state index contributed by atoms with van der Waals surface area (Å²) >= 11 is 0. The minimum Gasteiger partial charge on any atom is -0.206 e. The van der Waals surface area contributed by atoms with E-state index in [0.29, 0.717) is 0 Å². The highest BCUT2D eigenvalue weighted by Crippen LogP contribution is 2.29. The summed E-state index contributed by atoms with van der Waals surface area (Å²) in [5.74, 6) is -10.1. The van der Waals surface area contributed by atoms with Gasteiger partial charge in [0, 0.05) is 12.1 Å². The normalized spacial score (nSPS) is 11.1. The van der Waals surface area contributed by atoms with Crippen LogP contribution in [0.2, 0.25) is 0 Å². The van der Waals surface area contributed by atoms with Gasteiger partial charge in [0.2, 0.25) is 0 Å². The summed E-state index contributed by atoms with van der Waals surface area (Å²) in [6.07, 6.45) is 0. The van der Waals surface area contributed by atoms with Gasteiger partial charge in [-0.3, -0.25) is 0 Å². The Kier molecular flexibility index (Phi) is 2.29. The predicted molar refractivity (Wildman–Crippen MR) is 43.7 cm³/mol. The van der Waals surface area contributed by atoms with Crippen molar-refractivity contribution in [2.24, 2.45) is 0 Å². The molecule has 6 heteroatoms. The van der Waals surface area contributed by atoms with Crippen LogP contribution in [-0.4, -0.2) is 0 Å². The second-order valence-corrected chi connectivity index (χ2v) is 3.06. The topological polar surface area (TPSA) is 0 Å². The molecule has 2 aromatic rings. The average Bonchev–Trinajstić information content (AvgIpc) is 2.20. The van der Waals surface area contributed by atoms with Crippen LogP contribution in [0.25, 0.3) is 10.8 Å². The van der Waals surface area contributed by atoms with E-state index in [1.807, 2.05) is 0 Å². The van der Waals surface area contributed by atoms with Crippen LogP contribution in [0.1, 0.15) is 0 Å². The highest BCUT2D eigenvalue weighted by Gasteiger charge is 2.22. The molecule has 2 rings (SSSR count). The molecular weight excluding hydrogens is 234 g/mol. The highest BCUT2D eigenvalue weighted by atomic mass is 19.2. The smallest absolute Gasteiger partial charge is 0.170 e. The molecule has 16 heavy (non-hydrogen) atoms. The SMILES string of the molecule is Fc1cc(F)c2c(F)cc(F)c(F)c2c1F. The van der Waals surface area contributed by atoms with Crippen molar-refractivity contribution in [2.75, 3.05) is 0 Å². The zero-order valence-electron chi connectivity index (χ0n) is 7.42. The highest BCUT2D eigenvalue weighted by molar-refractivity contribution is 5.85. The fraction of sp³-hybridized carbons (Fsp3) is 0. The molecule has 0 atom stereocenters. The van der Waals surface area contributed by atoms with Crippen molar-refractivity contribution in [3.63, 3.8) is 0 Å². The van der Waals surface area contributed by atoms with Crippen LogP contribution in [0, 0.1) is 34.9 Å². The molecule has 0 fully saturated rings. The maximum absolute atomic E-state index is 13.1. The molecule has 0 nitrogen and oxygen atoms in total. The Balaban J connectivity index is 3.11. The molecular formula is C10H2F6. The first kappa shape index (κ1) is 10.8. The van der Waals surface area contributed by atoms with E-state index >= 15 is 0 Å². The van der Waals surface area contributed by atoms with Crippen LogP contribution in [0.4, 0.5) is 26.3 Å². The van der Waals surface area contributed by atoms with Gasteiger partial charge in [-0.05, 0) is 0 Å². The number of rotatable bonds is 0. The molecule has 0 N–H and O–H groups in total. The molecule has 0 aromatic heterocycles. The van der Waals surface area contributed by atoms with Crippen LogP contribution in [0.15, 0.2) is 12.1 Å². The largest absolute Gasteiger partial charge is 0.206 e. The van der Waals surface area contributed by atoms with Crippen molar-refractivity contribution >= 4 is 10.8 Å². The Morgan fingerprint density at radius 3 is 1.25 bits per heavy atom. The third-order valence-electron chi connectivity index (χ3n) is 2.09. The van der Waals surface area contributed by atoms with Gasteiger partial charge in [-0.2, -0.15) is 0 Å². The molecule has 0 aliphatic rings. The second kappa shape index (κ2) is 3.40. The summed E-state index contributed by atoms with van der Waals surface area (Å²) < 4.78 is 77.7. The van der Waals surface area contributed by atoms with Crippen molar-refractivity contribution in [3.8, 4) is 0 Å². The van der Waals surface area contributed by atoms with E-state index in [-0.39, 0.29) is 12.1 Å². The molecule has 0 aliphatic carbocycles. The Hall–Kier alpha value is -1.72. The Labute approximate surface area is 85.1 Å². The van der Waals surface area contributed by atoms with Crippen LogP contribution in [0.5, 0.6) is 0 Å². The van der Waals surface area contributed by atoms with Gasteiger partial charge in [-0.25, -0.2) is 26.3 Å². The Morgan fingerprint density at radius 2 is 0.875 bits per heavy atom. The maximum Gasteiger partial charge on any atom is 0.170 e. The lowest BCUT2D eigenvalue weighted by atomic mass is 10.1. The summed E-state index contributed by atoms with van der Waals surface area (Å²) in [5.41, 5.74) is 0. The number of fused-ring (bicyclic) bond motifs is 1. The number of hydrogen-bond donors (Lipinski definition) is 0. The van der Waals surface area contributed by atoms with Gasteiger partial charge >= 0.3 is 0 Å². The van der Waals surface area contributed by atoms with E-state index in [4.69, 9.17) is 0 Å². The second-order valence-electron chi connectivity index (χ2n) is 3.06. The van der Waals surface area contributed by atoms with Gasteiger partial charge in [-0.15, -0.1) is 0 Å². The van der Waals surface area contributed by atoms with Crippen LogP contribution in [-0.2, 0) is 0 Å². The van der Waals surface area contributed by atoms with Crippen LogP contribution < -0.4 is 0 Å². The van der Waals surface area contributed by atoms with Crippen molar-refractivity contribution in [1.82, 2.24) is 0 Å². The molecule has 0 unspecified atom stereocenters. The molecule has 0 bridgehead atoms. The summed E-state index contributed by atoms with van der Waals surface area (Å²) in [6.45, 7) is 0. The molecule has 0 amide bonds. The monoisotopic (exact) mass is 236 g/mol. The fourth-order valence-electron chi connectivity index (χ4n) is 1.40. The first-order valence-electron chi connectivity index (χ1n) is 4.04. The van der Waals surface area contributed by atoms with Crippen molar-refractivity contribution < 1.29 is 26.3 Å². The van der Waals surface area contributed by atoms with E-state index in [1.54, 1.807) is 0 Å². The van der Waals surface area contributed by atoms with Gasteiger partial charge in [0.05, 0.1) is 10.8 Å². The molecule has 0 radical (unpaired) electrons. The Morgan fingerprint density at radius 1 is 0.500 bits per heavy atom. The van der Waals surface area contributed by atoms with Crippen molar-refractivity contribution in [1.29, 1.82) is 0 Å². The standard InChI is InChI=1S/C10H2F6/c11-3-1-5(13)9(15)8-7(3)4(12)2-6(14)10(8)16/h1-2H. The maximum atomic E-state index is 13.1. The molecule has 0 aliphatic heterocycles. The number of benzene rings is 2. The van der Waals surface area contributed by atoms with Gasteiger partial charge in [0.15, 0.2) is 23.3 Å². The van der Waals surface area contributed by atoms with E-state index in [1.165, 1.54) is 0 Å². The third kappa shape index (κ3) is 1.33. The number of halogens is 6. The Bertz CT molecular complexity index is 541. The first-order valence-corrected chi connectivity index (χ1v) is 4.04. The van der Waals surface area contributed by atoms with E-state index in [2.05, 4.69) is 0 Å². The predicted octanol–water partition coefficient (Wildman–Crippen LogP) is 3.67. The lowest BCUT2D eigenvalue weighted by Crippen LogP contribution is -1.99. The molecule has 0 saturated carbocycles. The lowest BCUT2D eigenvalue weighted by molar-refractivity contribution is 0.478. The molecule has 0 saturated heterocycles. The summed E-state index contributed by atoms with van der Waals surface area (Å²) in [7, 11) is 0. The van der Waals surface area contributed by atoms with Crippen molar-refractivity contribution in [2.45, 2.75) is 0 Å². The minimum atomic E-state index is -1.83. The zero-order chi connectivity index (χ0) is 12.0. The summed E-state index contributed by atoms with van der Waals surface area (Å²) in [6, 6.07) is 0.135. The lowest BCUT2D eigenvalue weighted by Gasteiger charge is -2.05. The minimum absolute atomic E-state index is 0.0676. The van der Waals surface area contributed by atoms with Gasteiger partial charge in [0.25, 0.3) is 0 Å². The van der Waals surface area contributed by atoms with Gasteiger partial charge < -0.3 is 0 Å². The van der Waals surface area contributed by atoms with Gasteiger partial charge in [-0.1, -0.05) is 0 Å². The molecule has 0 heterocycles. The summed E-state index contributed by atoms with van der Waals surface area (Å²) in [4.78, 5) is 0. The van der Waals surface area contributed by atoms with E-state index in [0.717, 1.165) is 0 Å². The first-order chi connectivity index (χ1) is 7.43. The quantitative estimate of drug-likeness (QED) is 0.483. The van der Waals surface area contributed by atoms with Crippen molar-refractivity contribution in [3.05, 3.63) is 47.0 Å². The third-order valence-corrected chi connectivity index (χ3v) is 2.09. The summed E-state index contributed by atoms with van der Waals surface area (Å²) in [5, 5.41) is -2.48. The number of hydrogen-bond acceptors (Lipinski definition) is 0. The van der Waals surface area contributed by atoms with E-state index < -0.39 is 45.7 Å². The zero-order valence-corrected chi connectivity index (χ0v) is 7.42. The molecule has 2 aromatic carbocycles. The van der Waals surface area contributed by atoms with Crippen LogP contribution in [0.3, 0.4) is 0 Å². The fourth-order valence-corrected chi connectivity index (χ4v) is 1.40. The average molecular weight is 236 g/mol. The van der Waals surface area contributed by atoms with E-state index in [9.17, 15) is 26.3 Å². The molecule has 0 spiro atoms. The van der Waals surface area contributed by atoms with Gasteiger partial charge in [0.1, 0.15) is 11.6 Å². The molecule has 84 valence electrons. The van der Waals surface area contributed by atoms with Crippen LogP contribution >= 0.6 is 0 Å².